The second-order valence-corrected chi connectivity index (χ2v) is 5.21. The third-order valence-corrected chi connectivity index (χ3v) is 3.65. The first-order valence-corrected chi connectivity index (χ1v) is 6.11. The molecule has 1 aliphatic rings. The van der Waals surface area contributed by atoms with Gasteiger partial charge in [-0.15, -0.1) is 0 Å². The summed E-state index contributed by atoms with van der Waals surface area (Å²) in [6.07, 6.45) is 3.77. The first-order valence-electron chi connectivity index (χ1n) is 6.11. The summed E-state index contributed by atoms with van der Waals surface area (Å²) in [6.45, 7) is 1.60. The fourth-order valence-corrected chi connectivity index (χ4v) is 2.67. The van der Waals surface area contributed by atoms with Crippen LogP contribution < -0.4 is 5.73 Å². The molecule has 1 unspecified atom stereocenters. The van der Waals surface area contributed by atoms with Crippen LogP contribution in [0.25, 0.3) is 0 Å². The minimum Gasteiger partial charge on any atom is -0.480 e. The van der Waals surface area contributed by atoms with Crippen LogP contribution in [0.1, 0.15) is 43.2 Å². The summed E-state index contributed by atoms with van der Waals surface area (Å²) in [7, 11) is 0. The number of nitrogens with two attached hydrogens (primary N) is 1. The van der Waals surface area contributed by atoms with Crippen molar-refractivity contribution in [1.29, 1.82) is 0 Å². The van der Waals surface area contributed by atoms with E-state index in [1.807, 2.05) is 12.1 Å². The van der Waals surface area contributed by atoms with Gasteiger partial charge in [0.05, 0.1) is 0 Å². The molecular weight excluding hydrogens is 214 g/mol. The first kappa shape index (κ1) is 12.1. The van der Waals surface area contributed by atoms with Crippen LogP contribution in [0.15, 0.2) is 24.3 Å². The molecule has 1 aromatic carbocycles. The van der Waals surface area contributed by atoms with Crippen LogP contribution in [0, 0.1) is 0 Å². The molecule has 0 saturated heterocycles. The maximum atomic E-state index is 11.1. The number of fused-ring (bicyclic) bond motifs is 1. The van der Waals surface area contributed by atoms with Crippen molar-refractivity contribution in [3.63, 3.8) is 0 Å². The molecule has 0 bridgehead atoms. The Morgan fingerprint density at radius 2 is 2.24 bits per heavy atom. The molecule has 2 atom stereocenters. The zero-order valence-electron chi connectivity index (χ0n) is 10.1. The monoisotopic (exact) mass is 233 g/mol. The van der Waals surface area contributed by atoms with E-state index in [1.165, 1.54) is 11.1 Å². The summed E-state index contributed by atoms with van der Waals surface area (Å²) >= 11 is 0. The van der Waals surface area contributed by atoms with E-state index in [0.717, 1.165) is 19.3 Å². The highest BCUT2D eigenvalue weighted by atomic mass is 16.4. The van der Waals surface area contributed by atoms with E-state index in [0.29, 0.717) is 6.42 Å². The third-order valence-electron chi connectivity index (χ3n) is 3.65. The Bertz CT molecular complexity index is 426. The average molecular weight is 233 g/mol. The number of benzene rings is 1. The smallest absolute Gasteiger partial charge is 0.323 e. The molecule has 2 rings (SSSR count). The molecule has 0 aliphatic heterocycles. The van der Waals surface area contributed by atoms with E-state index < -0.39 is 11.5 Å². The summed E-state index contributed by atoms with van der Waals surface area (Å²) in [5, 5.41) is 9.09. The van der Waals surface area contributed by atoms with Gasteiger partial charge in [-0.05, 0) is 49.7 Å². The van der Waals surface area contributed by atoms with Gasteiger partial charge >= 0.3 is 5.97 Å². The molecule has 0 heterocycles. The summed E-state index contributed by atoms with van der Waals surface area (Å²) in [6, 6.07) is 8.30. The van der Waals surface area contributed by atoms with Crippen LogP contribution in [0.3, 0.4) is 0 Å². The van der Waals surface area contributed by atoms with Crippen molar-refractivity contribution in [3.8, 4) is 0 Å². The minimum atomic E-state index is -1.13. The first-order chi connectivity index (χ1) is 8.00. The molecule has 3 N–H and O–H groups in total. The SMILES string of the molecule is C[C@](N)(CC1CCCc2ccccc21)C(=O)O. The molecular formula is C14H19NO2. The van der Waals surface area contributed by atoms with Gasteiger partial charge in [-0.25, -0.2) is 0 Å². The van der Waals surface area contributed by atoms with Gasteiger partial charge in [-0.1, -0.05) is 24.3 Å². The molecule has 92 valence electrons. The van der Waals surface area contributed by atoms with E-state index >= 15 is 0 Å². The van der Waals surface area contributed by atoms with Crippen LogP contribution >= 0.6 is 0 Å². The predicted octanol–water partition coefficient (Wildman–Crippen LogP) is 2.30. The van der Waals surface area contributed by atoms with E-state index in [2.05, 4.69) is 12.1 Å². The predicted molar refractivity (Wildman–Crippen MR) is 67.0 cm³/mol. The summed E-state index contributed by atoms with van der Waals surface area (Å²) in [4.78, 5) is 11.1. The highest BCUT2D eigenvalue weighted by molar-refractivity contribution is 5.78. The Balaban J connectivity index is 2.22. The van der Waals surface area contributed by atoms with Gasteiger partial charge in [0, 0.05) is 0 Å². The van der Waals surface area contributed by atoms with Gasteiger partial charge in [-0.2, -0.15) is 0 Å². The molecule has 3 nitrogen and oxygen atoms in total. The number of hydrogen-bond donors (Lipinski definition) is 2. The largest absolute Gasteiger partial charge is 0.480 e. The molecule has 1 aromatic rings. The Hall–Kier alpha value is -1.35. The quantitative estimate of drug-likeness (QED) is 0.842. The molecule has 17 heavy (non-hydrogen) atoms. The maximum Gasteiger partial charge on any atom is 0.323 e. The molecule has 3 heteroatoms. The molecule has 0 aromatic heterocycles. The lowest BCUT2D eigenvalue weighted by Crippen LogP contribution is -2.46. The zero-order valence-corrected chi connectivity index (χ0v) is 10.1. The number of hydrogen-bond acceptors (Lipinski definition) is 2. The fourth-order valence-electron chi connectivity index (χ4n) is 2.67. The van der Waals surface area contributed by atoms with Crippen LogP contribution in [-0.2, 0) is 11.2 Å². The lowest BCUT2D eigenvalue weighted by molar-refractivity contribution is -0.143. The number of carbonyl (C=O) groups is 1. The fraction of sp³-hybridized carbons (Fsp3) is 0.500. The second kappa shape index (κ2) is 4.49. The van der Waals surface area contributed by atoms with E-state index in [9.17, 15) is 4.79 Å². The van der Waals surface area contributed by atoms with Crippen LogP contribution in [0.4, 0.5) is 0 Å². The van der Waals surface area contributed by atoms with Crippen molar-refractivity contribution >= 4 is 5.97 Å². The van der Waals surface area contributed by atoms with Crippen molar-refractivity contribution in [3.05, 3.63) is 35.4 Å². The van der Waals surface area contributed by atoms with Crippen molar-refractivity contribution in [1.82, 2.24) is 0 Å². The van der Waals surface area contributed by atoms with Crippen LogP contribution in [0.5, 0.6) is 0 Å². The van der Waals surface area contributed by atoms with Crippen molar-refractivity contribution in [2.24, 2.45) is 5.73 Å². The minimum absolute atomic E-state index is 0.283. The molecule has 1 aliphatic carbocycles. The molecule has 0 radical (unpaired) electrons. The molecule has 0 amide bonds. The van der Waals surface area contributed by atoms with Gasteiger partial charge in [0.2, 0.25) is 0 Å². The van der Waals surface area contributed by atoms with Crippen molar-refractivity contribution < 1.29 is 9.90 Å². The average Bonchev–Trinajstić information content (AvgIpc) is 2.29. The third kappa shape index (κ3) is 2.50. The molecule has 0 saturated carbocycles. The summed E-state index contributed by atoms with van der Waals surface area (Å²) in [5.74, 6) is -0.633. The van der Waals surface area contributed by atoms with Gasteiger partial charge in [0.1, 0.15) is 5.54 Å². The van der Waals surface area contributed by atoms with Crippen LogP contribution in [-0.4, -0.2) is 16.6 Å². The lowest BCUT2D eigenvalue weighted by Gasteiger charge is -2.30. The molecule has 0 spiro atoms. The normalized spacial score (nSPS) is 22.6. The highest BCUT2D eigenvalue weighted by Gasteiger charge is 2.33. The van der Waals surface area contributed by atoms with E-state index in [4.69, 9.17) is 10.8 Å². The molecule has 0 fully saturated rings. The van der Waals surface area contributed by atoms with Crippen molar-refractivity contribution in [2.45, 2.75) is 44.1 Å². The number of aryl methyl sites for hydroxylation is 1. The lowest BCUT2D eigenvalue weighted by atomic mass is 9.76. The Kier molecular flexibility index (Phi) is 3.20. The van der Waals surface area contributed by atoms with Crippen LogP contribution in [0.2, 0.25) is 0 Å². The number of carboxylic acids is 1. The zero-order chi connectivity index (χ0) is 12.5. The Morgan fingerprint density at radius 1 is 1.53 bits per heavy atom. The van der Waals surface area contributed by atoms with E-state index in [1.54, 1.807) is 6.92 Å². The topological polar surface area (TPSA) is 63.3 Å². The highest BCUT2D eigenvalue weighted by Crippen LogP contribution is 2.36. The Labute approximate surface area is 102 Å². The van der Waals surface area contributed by atoms with Gasteiger partial charge in [0.25, 0.3) is 0 Å². The standard InChI is InChI=1S/C14H19NO2/c1-14(15,13(16)17)9-11-7-4-6-10-5-2-3-8-12(10)11/h2-3,5,8,11H,4,6-7,9,15H2,1H3,(H,16,17)/t11?,14-/m0/s1. The Morgan fingerprint density at radius 3 is 2.94 bits per heavy atom. The number of rotatable bonds is 3. The van der Waals surface area contributed by atoms with Crippen molar-refractivity contribution in [2.75, 3.05) is 0 Å². The summed E-state index contributed by atoms with van der Waals surface area (Å²) in [5.41, 5.74) is 7.36. The van der Waals surface area contributed by atoms with Gasteiger partial charge < -0.3 is 10.8 Å². The number of aliphatic carboxylic acids is 1. The number of carboxylic acid groups (broad SMARTS) is 1. The van der Waals surface area contributed by atoms with E-state index in [-0.39, 0.29) is 5.92 Å². The maximum absolute atomic E-state index is 11.1. The van der Waals surface area contributed by atoms with Gasteiger partial charge in [0.15, 0.2) is 0 Å². The summed E-state index contributed by atoms with van der Waals surface area (Å²) < 4.78 is 0. The second-order valence-electron chi connectivity index (χ2n) is 5.21. The van der Waals surface area contributed by atoms with Gasteiger partial charge in [-0.3, -0.25) is 4.79 Å².